The van der Waals surface area contributed by atoms with Crippen LogP contribution in [-0.2, 0) is 6.54 Å². The molecule has 0 spiro atoms. The molecular formula is C21H32N6O. The summed E-state index contributed by atoms with van der Waals surface area (Å²) in [6.45, 7) is 11.0. The van der Waals surface area contributed by atoms with E-state index in [9.17, 15) is 0 Å². The van der Waals surface area contributed by atoms with Gasteiger partial charge in [0, 0.05) is 50.9 Å². The molecule has 28 heavy (non-hydrogen) atoms. The van der Waals surface area contributed by atoms with Crippen molar-refractivity contribution in [2.45, 2.75) is 26.4 Å². The summed E-state index contributed by atoms with van der Waals surface area (Å²) in [5.74, 6) is 1.44. The zero-order chi connectivity index (χ0) is 19.8. The summed E-state index contributed by atoms with van der Waals surface area (Å²) in [7, 11) is 2.18. The highest BCUT2D eigenvalue weighted by molar-refractivity contribution is 5.79. The molecule has 0 radical (unpaired) electrons. The molecule has 7 heteroatoms. The predicted octanol–water partition coefficient (Wildman–Crippen LogP) is 2.03. The first-order chi connectivity index (χ1) is 13.7. The van der Waals surface area contributed by atoms with Crippen LogP contribution < -0.4 is 10.6 Å². The van der Waals surface area contributed by atoms with Gasteiger partial charge in [0.25, 0.3) is 0 Å². The van der Waals surface area contributed by atoms with Crippen molar-refractivity contribution in [1.82, 2.24) is 25.4 Å². The second kappa shape index (κ2) is 10.2. The molecule has 1 aromatic heterocycles. The molecule has 0 amide bonds. The number of nitrogens with one attached hydrogen (secondary N) is 2. The largest absolute Gasteiger partial charge is 0.444 e. The number of guanidine groups is 1. The lowest BCUT2D eigenvalue weighted by molar-refractivity contribution is 0.120. The van der Waals surface area contributed by atoms with Crippen molar-refractivity contribution >= 4 is 5.96 Å². The summed E-state index contributed by atoms with van der Waals surface area (Å²) in [6.07, 6.45) is 1.68. The van der Waals surface area contributed by atoms with Gasteiger partial charge >= 0.3 is 0 Å². The fraction of sp³-hybridized carbons (Fsp3) is 0.524. The Morgan fingerprint density at radius 3 is 2.64 bits per heavy atom. The molecule has 2 N–H and O–H groups in total. The topological polar surface area (TPSA) is 68.9 Å². The summed E-state index contributed by atoms with van der Waals surface area (Å²) in [6, 6.07) is 10.4. The van der Waals surface area contributed by atoms with Crippen LogP contribution in [0.4, 0.5) is 0 Å². The molecule has 7 nitrogen and oxygen atoms in total. The number of aromatic nitrogens is 1. The van der Waals surface area contributed by atoms with Crippen molar-refractivity contribution in [2.24, 2.45) is 4.99 Å². The lowest BCUT2D eigenvalue weighted by atomic mass is 10.2. The zero-order valence-corrected chi connectivity index (χ0v) is 17.2. The van der Waals surface area contributed by atoms with E-state index in [1.807, 2.05) is 30.3 Å². The first kappa shape index (κ1) is 20.4. The highest BCUT2D eigenvalue weighted by atomic mass is 16.3. The molecule has 1 saturated heterocycles. The number of oxazole rings is 1. The van der Waals surface area contributed by atoms with Gasteiger partial charge in [0.05, 0.1) is 6.54 Å². The van der Waals surface area contributed by atoms with Crippen LogP contribution in [0.15, 0.2) is 46.0 Å². The van der Waals surface area contributed by atoms with Gasteiger partial charge in [0.1, 0.15) is 12.0 Å². The third kappa shape index (κ3) is 5.81. The maximum Gasteiger partial charge on any atom is 0.226 e. The lowest BCUT2D eigenvalue weighted by Gasteiger charge is -2.36. The Labute approximate surface area is 167 Å². The Morgan fingerprint density at radius 1 is 1.18 bits per heavy atom. The van der Waals surface area contributed by atoms with E-state index in [1.54, 1.807) is 6.26 Å². The number of benzene rings is 1. The lowest BCUT2D eigenvalue weighted by Crippen LogP contribution is -2.52. The highest BCUT2D eigenvalue weighted by Gasteiger charge is 2.19. The van der Waals surface area contributed by atoms with Gasteiger partial charge in [0.15, 0.2) is 5.96 Å². The molecule has 0 saturated carbocycles. The fourth-order valence-electron chi connectivity index (χ4n) is 3.23. The van der Waals surface area contributed by atoms with Crippen LogP contribution in [0.3, 0.4) is 0 Å². The minimum Gasteiger partial charge on any atom is -0.444 e. The Bertz CT molecular complexity index is 736. The smallest absolute Gasteiger partial charge is 0.226 e. The molecule has 1 unspecified atom stereocenters. The number of rotatable bonds is 7. The Morgan fingerprint density at radius 2 is 1.93 bits per heavy atom. The van der Waals surface area contributed by atoms with E-state index in [4.69, 9.17) is 4.42 Å². The van der Waals surface area contributed by atoms with Crippen LogP contribution in [0.1, 0.15) is 19.5 Å². The van der Waals surface area contributed by atoms with Gasteiger partial charge in [-0.2, -0.15) is 0 Å². The summed E-state index contributed by atoms with van der Waals surface area (Å²) in [4.78, 5) is 14.1. The van der Waals surface area contributed by atoms with Gasteiger partial charge in [-0.3, -0.25) is 4.90 Å². The zero-order valence-electron chi connectivity index (χ0n) is 17.2. The van der Waals surface area contributed by atoms with E-state index in [-0.39, 0.29) is 0 Å². The predicted molar refractivity (Wildman–Crippen MR) is 113 cm³/mol. The van der Waals surface area contributed by atoms with E-state index >= 15 is 0 Å². The molecule has 3 rings (SSSR count). The second-order valence-electron chi connectivity index (χ2n) is 7.27. The second-order valence-corrected chi connectivity index (χ2v) is 7.27. The van der Waals surface area contributed by atoms with Crippen LogP contribution in [0.2, 0.25) is 0 Å². The van der Waals surface area contributed by atoms with E-state index in [0.29, 0.717) is 18.5 Å². The van der Waals surface area contributed by atoms with E-state index in [2.05, 4.69) is 51.3 Å². The van der Waals surface area contributed by atoms with E-state index < -0.39 is 0 Å². The molecule has 0 bridgehead atoms. The quantitative estimate of drug-likeness (QED) is 0.562. The molecule has 2 heterocycles. The van der Waals surface area contributed by atoms with Crippen LogP contribution in [-0.4, -0.2) is 73.1 Å². The fourth-order valence-corrected chi connectivity index (χ4v) is 3.23. The van der Waals surface area contributed by atoms with Crippen molar-refractivity contribution in [1.29, 1.82) is 0 Å². The maximum absolute atomic E-state index is 5.60. The van der Waals surface area contributed by atoms with Crippen molar-refractivity contribution in [3.05, 3.63) is 42.3 Å². The Kier molecular flexibility index (Phi) is 7.45. The van der Waals surface area contributed by atoms with Crippen molar-refractivity contribution in [2.75, 3.05) is 46.3 Å². The third-order valence-corrected chi connectivity index (χ3v) is 5.04. The number of hydrogen-bond donors (Lipinski definition) is 2. The van der Waals surface area contributed by atoms with Crippen LogP contribution in [0.25, 0.3) is 11.5 Å². The van der Waals surface area contributed by atoms with E-state index in [1.165, 1.54) is 0 Å². The van der Waals surface area contributed by atoms with Gasteiger partial charge in [-0.25, -0.2) is 9.98 Å². The Hall–Kier alpha value is -2.38. The minimum atomic E-state index is 0.467. The SMILES string of the molecule is CCNC(=NCc1coc(-c2ccccc2)n1)NCC(C)N1CCN(C)CC1. The highest BCUT2D eigenvalue weighted by Crippen LogP contribution is 2.18. The minimum absolute atomic E-state index is 0.467. The normalized spacial score (nSPS) is 17.5. The summed E-state index contributed by atoms with van der Waals surface area (Å²) >= 11 is 0. The standard InChI is InChI=1S/C21H32N6O/c1-4-22-21(23-14-17(2)27-12-10-26(3)11-13-27)24-15-19-16-28-20(25-19)18-8-6-5-7-9-18/h5-9,16-17H,4,10-15H2,1-3H3,(H2,22,23,24). The monoisotopic (exact) mass is 384 g/mol. The molecule has 0 aliphatic carbocycles. The number of hydrogen-bond acceptors (Lipinski definition) is 5. The first-order valence-corrected chi connectivity index (χ1v) is 10.1. The molecule has 1 aliphatic rings. The molecule has 1 aliphatic heterocycles. The van der Waals surface area contributed by atoms with Crippen molar-refractivity contribution in [3.8, 4) is 11.5 Å². The Balaban J connectivity index is 1.53. The number of likely N-dealkylation sites (N-methyl/N-ethyl adjacent to an activating group) is 1. The van der Waals surface area contributed by atoms with Gasteiger partial charge in [-0.1, -0.05) is 18.2 Å². The van der Waals surface area contributed by atoms with Gasteiger partial charge in [0.2, 0.25) is 5.89 Å². The molecule has 2 aromatic rings. The number of nitrogens with zero attached hydrogens (tertiary/aromatic N) is 4. The van der Waals surface area contributed by atoms with Crippen molar-refractivity contribution in [3.63, 3.8) is 0 Å². The van der Waals surface area contributed by atoms with Gasteiger partial charge in [-0.05, 0) is 33.0 Å². The van der Waals surface area contributed by atoms with Gasteiger partial charge < -0.3 is 20.0 Å². The molecule has 1 atom stereocenters. The molecular weight excluding hydrogens is 352 g/mol. The number of piperazine rings is 1. The van der Waals surface area contributed by atoms with E-state index in [0.717, 1.165) is 56.5 Å². The van der Waals surface area contributed by atoms with Gasteiger partial charge in [-0.15, -0.1) is 0 Å². The first-order valence-electron chi connectivity index (χ1n) is 10.1. The summed E-state index contributed by atoms with van der Waals surface area (Å²) < 4.78 is 5.60. The van der Waals surface area contributed by atoms with Crippen LogP contribution >= 0.6 is 0 Å². The maximum atomic E-state index is 5.60. The average Bonchev–Trinajstić information content (AvgIpc) is 3.20. The molecule has 1 aromatic carbocycles. The van der Waals surface area contributed by atoms with Crippen LogP contribution in [0, 0.1) is 0 Å². The molecule has 152 valence electrons. The average molecular weight is 385 g/mol. The number of aliphatic imine (C=N–C) groups is 1. The third-order valence-electron chi connectivity index (χ3n) is 5.04. The molecule has 1 fully saturated rings. The van der Waals surface area contributed by atoms with Crippen molar-refractivity contribution < 1.29 is 4.42 Å². The summed E-state index contributed by atoms with van der Waals surface area (Å²) in [5.41, 5.74) is 1.80. The van der Waals surface area contributed by atoms with Crippen LogP contribution in [0.5, 0.6) is 0 Å². The summed E-state index contributed by atoms with van der Waals surface area (Å²) in [5, 5.41) is 6.77.